The van der Waals surface area contributed by atoms with Gasteiger partial charge in [0, 0.05) is 28.2 Å². The summed E-state index contributed by atoms with van der Waals surface area (Å²) in [5.74, 6) is 1.21. The number of nitrogens with two attached hydrogens (primary N) is 1. The SMILES string of the molecule is CCSC1CCC(Nc2ccc(C(C)=O)c(N)c2)C1. The van der Waals surface area contributed by atoms with E-state index in [-0.39, 0.29) is 5.78 Å². The highest BCUT2D eigenvalue weighted by Gasteiger charge is 2.24. The van der Waals surface area contributed by atoms with Crippen molar-refractivity contribution in [1.29, 1.82) is 0 Å². The van der Waals surface area contributed by atoms with Crippen LogP contribution in [0.3, 0.4) is 0 Å². The molecule has 1 aromatic rings. The summed E-state index contributed by atoms with van der Waals surface area (Å²) in [5, 5.41) is 4.32. The van der Waals surface area contributed by atoms with Gasteiger partial charge in [-0.15, -0.1) is 0 Å². The summed E-state index contributed by atoms with van der Waals surface area (Å²) in [6.45, 7) is 3.76. The Hall–Kier alpha value is -1.16. The molecule has 0 bridgehead atoms. The highest BCUT2D eigenvalue weighted by Crippen LogP contribution is 2.32. The van der Waals surface area contributed by atoms with Crippen LogP contribution in [-0.2, 0) is 0 Å². The van der Waals surface area contributed by atoms with E-state index >= 15 is 0 Å². The van der Waals surface area contributed by atoms with E-state index in [4.69, 9.17) is 5.73 Å². The Kier molecular flexibility index (Phi) is 4.75. The van der Waals surface area contributed by atoms with Gasteiger partial charge in [0.25, 0.3) is 0 Å². The van der Waals surface area contributed by atoms with Crippen LogP contribution in [0.5, 0.6) is 0 Å². The van der Waals surface area contributed by atoms with Crippen LogP contribution >= 0.6 is 11.8 Å². The predicted octanol–water partition coefficient (Wildman–Crippen LogP) is 3.56. The molecule has 0 spiro atoms. The minimum absolute atomic E-state index is 0.0179. The summed E-state index contributed by atoms with van der Waals surface area (Å²) in [7, 11) is 0. The van der Waals surface area contributed by atoms with Gasteiger partial charge in [-0.3, -0.25) is 4.79 Å². The lowest BCUT2D eigenvalue weighted by Gasteiger charge is -2.15. The molecule has 3 N–H and O–H groups in total. The van der Waals surface area contributed by atoms with E-state index in [9.17, 15) is 4.79 Å². The first kappa shape index (κ1) is 14.3. The third kappa shape index (κ3) is 3.66. The van der Waals surface area contributed by atoms with Crippen molar-refractivity contribution in [2.45, 2.75) is 44.4 Å². The topological polar surface area (TPSA) is 55.1 Å². The zero-order valence-corrected chi connectivity index (χ0v) is 12.4. The van der Waals surface area contributed by atoms with Crippen LogP contribution < -0.4 is 11.1 Å². The summed E-state index contributed by atoms with van der Waals surface area (Å²) in [5.41, 5.74) is 8.10. The van der Waals surface area contributed by atoms with Crippen LogP contribution in [0.25, 0.3) is 0 Å². The molecule has 19 heavy (non-hydrogen) atoms. The lowest BCUT2D eigenvalue weighted by Crippen LogP contribution is -2.16. The highest BCUT2D eigenvalue weighted by molar-refractivity contribution is 7.99. The lowest BCUT2D eigenvalue weighted by molar-refractivity contribution is 0.101. The molecule has 0 amide bonds. The quantitative estimate of drug-likeness (QED) is 0.639. The van der Waals surface area contributed by atoms with Crippen molar-refractivity contribution >= 4 is 28.9 Å². The third-order valence-corrected chi connectivity index (χ3v) is 4.82. The van der Waals surface area contributed by atoms with Crippen molar-refractivity contribution in [2.24, 2.45) is 0 Å². The number of Topliss-reactive ketones (excluding diaryl/α,β-unsaturated/α-hetero) is 1. The summed E-state index contributed by atoms with van der Waals surface area (Å²) in [6.07, 6.45) is 3.72. The van der Waals surface area contributed by atoms with Gasteiger partial charge >= 0.3 is 0 Å². The van der Waals surface area contributed by atoms with Crippen molar-refractivity contribution in [3.63, 3.8) is 0 Å². The van der Waals surface area contributed by atoms with Gasteiger partial charge in [0.15, 0.2) is 5.78 Å². The van der Waals surface area contributed by atoms with E-state index in [1.165, 1.54) is 25.0 Å². The molecular weight excluding hydrogens is 256 g/mol. The van der Waals surface area contributed by atoms with Crippen LogP contribution in [0.1, 0.15) is 43.5 Å². The molecule has 2 rings (SSSR count). The molecule has 0 aliphatic heterocycles. The summed E-state index contributed by atoms with van der Waals surface area (Å²) < 4.78 is 0. The number of nitrogen functional groups attached to an aromatic ring is 1. The first-order valence-corrected chi connectivity index (χ1v) is 7.93. The van der Waals surface area contributed by atoms with Crippen LogP contribution in [0, 0.1) is 0 Å². The van der Waals surface area contributed by atoms with Crippen molar-refractivity contribution in [1.82, 2.24) is 0 Å². The number of hydrogen-bond donors (Lipinski definition) is 2. The van der Waals surface area contributed by atoms with Gasteiger partial charge in [-0.1, -0.05) is 6.92 Å². The van der Waals surface area contributed by atoms with E-state index < -0.39 is 0 Å². The average molecular weight is 278 g/mol. The smallest absolute Gasteiger partial charge is 0.161 e. The molecule has 4 heteroatoms. The van der Waals surface area contributed by atoms with Gasteiger partial charge in [-0.25, -0.2) is 0 Å². The van der Waals surface area contributed by atoms with E-state index in [1.807, 2.05) is 18.2 Å². The number of anilines is 2. The number of benzene rings is 1. The van der Waals surface area contributed by atoms with Crippen molar-refractivity contribution in [2.75, 3.05) is 16.8 Å². The van der Waals surface area contributed by atoms with Crippen molar-refractivity contribution in [3.8, 4) is 0 Å². The number of thioether (sulfide) groups is 1. The second-order valence-corrected chi connectivity index (χ2v) is 6.67. The Bertz CT molecular complexity index is 461. The summed E-state index contributed by atoms with van der Waals surface area (Å²) in [6, 6.07) is 6.17. The molecule has 104 valence electrons. The maximum absolute atomic E-state index is 11.3. The third-order valence-electron chi connectivity index (χ3n) is 3.59. The molecule has 0 aromatic heterocycles. The molecule has 0 saturated heterocycles. The number of nitrogens with one attached hydrogen (secondary N) is 1. The molecule has 0 radical (unpaired) electrons. The van der Waals surface area contributed by atoms with E-state index in [0.717, 1.165) is 10.9 Å². The van der Waals surface area contributed by atoms with Crippen molar-refractivity contribution in [3.05, 3.63) is 23.8 Å². The van der Waals surface area contributed by atoms with Gasteiger partial charge in [0.2, 0.25) is 0 Å². The van der Waals surface area contributed by atoms with Gasteiger partial charge in [-0.05, 0) is 50.1 Å². The summed E-state index contributed by atoms with van der Waals surface area (Å²) >= 11 is 2.05. The highest BCUT2D eigenvalue weighted by atomic mass is 32.2. The number of hydrogen-bond acceptors (Lipinski definition) is 4. The molecule has 2 atom stereocenters. The minimum atomic E-state index is 0.0179. The van der Waals surface area contributed by atoms with E-state index in [1.54, 1.807) is 6.92 Å². The van der Waals surface area contributed by atoms with Crippen LogP contribution in [-0.4, -0.2) is 22.8 Å². The fourth-order valence-corrected chi connectivity index (χ4v) is 3.81. The molecule has 1 aliphatic carbocycles. The largest absolute Gasteiger partial charge is 0.398 e. The molecule has 1 aromatic carbocycles. The van der Waals surface area contributed by atoms with E-state index in [2.05, 4.69) is 24.0 Å². The number of carbonyl (C=O) groups is 1. The zero-order valence-electron chi connectivity index (χ0n) is 11.6. The fourth-order valence-electron chi connectivity index (χ4n) is 2.67. The first-order chi connectivity index (χ1) is 9.10. The fraction of sp³-hybridized carbons (Fsp3) is 0.533. The number of carbonyl (C=O) groups excluding carboxylic acids is 1. The minimum Gasteiger partial charge on any atom is -0.398 e. The van der Waals surface area contributed by atoms with Crippen LogP contribution in [0.15, 0.2) is 18.2 Å². The first-order valence-electron chi connectivity index (χ1n) is 6.88. The maximum Gasteiger partial charge on any atom is 0.161 e. The Morgan fingerprint density at radius 3 is 2.89 bits per heavy atom. The Morgan fingerprint density at radius 2 is 2.26 bits per heavy atom. The molecular formula is C15H22N2OS. The van der Waals surface area contributed by atoms with Gasteiger partial charge in [0.05, 0.1) is 0 Å². The average Bonchev–Trinajstić information content (AvgIpc) is 2.76. The predicted molar refractivity (Wildman–Crippen MR) is 84.0 cm³/mol. The van der Waals surface area contributed by atoms with E-state index in [0.29, 0.717) is 17.3 Å². The molecule has 3 nitrogen and oxygen atoms in total. The van der Waals surface area contributed by atoms with Gasteiger partial charge < -0.3 is 11.1 Å². The summed E-state index contributed by atoms with van der Waals surface area (Å²) in [4.78, 5) is 11.3. The molecule has 0 heterocycles. The second-order valence-electron chi connectivity index (χ2n) is 5.09. The van der Waals surface area contributed by atoms with Crippen LogP contribution in [0.2, 0.25) is 0 Å². The van der Waals surface area contributed by atoms with Gasteiger partial charge in [-0.2, -0.15) is 11.8 Å². The lowest BCUT2D eigenvalue weighted by atomic mass is 10.1. The van der Waals surface area contributed by atoms with Gasteiger partial charge in [0.1, 0.15) is 0 Å². The molecule has 1 saturated carbocycles. The maximum atomic E-state index is 11.3. The Balaban J connectivity index is 1.97. The zero-order chi connectivity index (χ0) is 13.8. The second kappa shape index (κ2) is 6.33. The molecule has 2 unspecified atom stereocenters. The number of rotatable bonds is 5. The molecule has 1 aliphatic rings. The standard InChI is InChI=1S/C15H22N2OS/c1-3-19-13-6-4-11(8-13)17-12-5-7-14(10(2)18)15(16)9-12/h5,7,9,11,13,17H,3-4,6,8,16H2,1-2H3. The van der Waals surface area contributed by atoms with Crippen molar-refractivity contribution < 1.29 is 4.79 Å². The monoisotopic (exact) mass is 278 g/mol. The Morgan fingerprint density at radius 1 is 1.47 bits per heavy atom. The van der Waals surface area contributed by atoms with Crippen LogP contribution in [0.4, 0.5) is 11.4 Å². The Labute approximate surface area is 119 Å². The normalized spacial score (nSPS) is 22.4. The number of ketones is 1. The molecule has 1 fully saturated rings.